The number of aromatic nitrogens is 4. The number of aromatic amines is 1. The predicted molar refractivity (Wildman–Crippen MR) is 64.2 cm³/mol. The van der Waals surface area contributed by atoms with Gasteiger partial charge in [-0.2, -0.15) is 5.10 Å². The van der Waals surface area contributed by atoms with Crippen LogP contribution in [0.2, 0.25) is 0 Å². The van der Waals surface area contributed by atoms with Crippen molar-refractivity contribution in [2.45, 2.75) is 6.42 Å². The smallest absolute Gasteiger partial charge is 0.338 e. The highest BCUT2D eigenvalue weighted by Crippen LogP contribution is 2.07. The Balaban J connectivity index is 1.91. The summed E-state index contributed by atoms with van der Waals surface area (Å²) in [5.41, 5.74) is 0.467. The Bertz CT molecular complexity index is 512. The van der Waals surface area contributed by atoms with Gasteiger partial charge in [0.1, 0.15) is 18.0 Å². The molecule has 18 heavy (non-hydrogen) atoms. The van der Waals surface area contributed by atoms with E-state index in [2.05, 4.69) is 30.2 Å². The van der Waals surface area contributed by atoms with Gasteiger partial charge in [-0.1, -0.05) is 0 Å². The molecule has 0 aliphatic heterocycles. The fraction of sp³-hybridized carbons (Fsp3) is 0.273. The van der Waals surface area contributed by atoms with Crippen LogP contribution in [0, 0.1) is 0 Å². The first-order valence-corrected chi connectivity index (χ1v) is 5.42. The average molecular weight is 247 g/mol. The molecule has 0 bridgehead atoms. The maximum absolute atomic E-state index is 11.3. The Kier molecular flexibility index (Phi) is 3.85. The second-order valence-corrected chi connectivity index (χ2v) is 3.53. The number of nitrogens with one attached hydrogen (secondary N) is 2. The van der Waals surface area contributed by atoms with Gasteiger partial charge in [0.25, 0.3) is 0 Å². The molecule has 0 spiro atoms. The zero-order chi connectivity index (χ0) is 12.8. The maximum Gasteiger partial charge on any atom is 0.338 e. The van der Waals surface area contributed by atoms with Crippen molar-refractivity contribution in [1.29, 1.82) is 0 Å². The minimum Gasteiger partial charge on any atom is -0.465 e. The van der Waals surface area contributed by atoms with Crippen molar-refractivity contribution < 1.29 is 9.53 Å². The van der Waals surface area contributed by atoms with E-state index < -0.39 is 0 Å². The summed E-state index contributed by atoms with van der Waals surface area (Å²) < 4.78 is 4.64. The molecule has 7 heteroatoms. The van der Waals surface area contributed by atoms with Gasteiger partial charge in [-0.25, -0.2) is 14.8 Å². The van der Waals surface area contributed by atoms with Crippen LogP contribution in [0.3, 0.4) is 0 Å². The second-order valence-electron chi connectivity index (χ2n) is 3.53. The van der Waals surface area contributed by atoms with Crippen LogP contribution in [-0.4, -0.2) is 39.8 Å². The quantitative estimate of drug-likeness (QED) is 0.753. The number of carbonyl (C=O) groups excluding carboxylic acids is 1. The van der Waals surface area contributed by atoms with Crippen LogP contribution in [0.15, 0.2) is 24.7 Å². The van der Waals surface area contributed by atoms with Crippen LogP contribution in [0.25, 0.3) is 0 Å². The number of hydrogen-bond donors (Lipinski definition) is 2. The Morgan fingerprint density at radius 2 is 2.39 bits per heavy atom. The van der Waals surface area contributed by atoms with E-state index in [1.54, 1.807) is 18.3 Å². The van der Waals surface area contributed by atoms with Gasteiger partial charge in [-0.05, 0) is 12.1 Å². The molecular weight excluding hydrogens is 234 g/mol. The van der Waals surface area contributed by atoms with Crippen molar-refractivity contribution in [3.8, 4) is 0 Å². The van der Waals surface area contributed by atoms with Gasteiger partial charge >= 0.3 is 5.97 Å². The topological polar surface area (TPSA) is 92.8 Å². The summed E-state index contributed by atoms with van der Waals surface area (Å²) in [4.78, 5) is 19.4. The summed E-state index contributed by atoms with van der Waals surface area (Å²) in [7, 11) is 1.35. The zero-order valence-electron chi connectivity index (χ0n) is 9.88. The molecule has 94 valence electrons. The van der Waals surface area contributed by atoms with Crippen LogP contribution in [-0.2, 0) is 11.2 Å². The highest BCUT2D eigenvalue weighted by molar-refractivity contribution is 5.89. The summed E-state index contributed by atoms with van der Waals surface area (Å²) in [6, 6.07) is 3.25. The third-order valence-corrected chi connectivity index (χ3v) is 2.31. The molecule has 2 aromatic heterocycles. The van der Waals surface area contributed by atoms with Crippen molar-refractivity contribution in [2.75, 3.05) is 19.0 Å². The van der Waals surface area contributed by atoms with Gasteiger partial charge < -0.3 is 10.1 Å². The molecule has 7 nitrogen and oxygen atoms in total. The number of methoxy groups -OCH3 is 1. The number of H-pyrrole nitrogens is 1. The number of pyridine rings is 1. The van der Waals surface area contributed by atoms with E-state index in [1.807, 2.05) is 0 Å². The third-order valence-electron chi connectivity index (χ3n) is 2.31. The molecule has 0 radical (unpaired) electrons. The summed E-state index contributed by atoms with van der Waals surface area (Å²) >= 11 is 0. The first-order chi connectivity index (χ1) is 8.79. The SMILES string of the molecule is COC(=O)c1ccnc(NCCc2ncn[nH]2)c1. The largest absolute Gasteiger partial charge is 0.465 e. The zero-order valence-corrected chi connectivity index (χ0v) is 9.88. The number of rotatable bonds is 5. The average Bonchev–Trinajstić information content (AvgIpc) is 2.91. The van der Waals surface area contributed by atoms with E-state index >= 15 is 0 Å². The number of ether oxygens (including phenoxy) is 1. The van der Waals surface area contributed by atoms with Crippen molar-refractivity contribution in [2.24, 2.45) is 0 Å². The molecule has 0 unspecified atom stereocenters. The van der Waals surface area contributed by atoms with Gasteiger partial charge in [0.15, 0.2) is 0 Å². The van der Waals surface area contributed by atoms with Crippen molar-refractivity contribution in [3.05, 3.63) is 36.0 Å². The fourth-order valence-corrected chi connectivity index (χ4v) is 1.43. The lowest BCUT2D eigenvalue weighted by Gasteiger charge is -2.05. The van der Waals surface area contributed by atoms with Gasteiger partial charge in [-0.15, -0.1) is 0 Å². The molecule has 2 N–H and O–H groups in total. The molecule has 0 atom stereocenters. The Morgan fingerprint density at radius 1 is 1.50 bits per heavy atom. The van der Waals surface area contributed by atoms with Gasteiger partial charge in [0.05, 0.1) is 12.7 Å². The van der Waals surface area contributed by atoms with Crippen LogP contribution in [0.5, 0.6) is 0 Å². The Hall–Kier alpha value is -2.44. The monoisotopic (exact) mass is 247 g/mol. The highest BCUT2D eigenvalue weighted by atomic mass is 16.5. The molecule has 2 rings (SSSR count). The van der Waals surface area contributed by atoms with E-state index in [1.165, 1.54) is 13.4 Å². The van der Waals surface area contributed by atoms with E-state index in [0.29, 0.717) is 24.3 Å². The molecule has 0 aliphatic carbocycles. The summed E-state index contributed by atoms with van der Waals surface area (Å²) in [6.07, 6.45) is 3.72. The Morgan fingerprint density at radius 3 is 3.11 bits per heavy atom. The predicted octanol–water partition coefficient (Wildman–Crippen LogP) is 0.641. The molecule has 0 aromatic carbocycles. The molecule has 0 amide bonds. The lowest BCUT2D eigenvalue weighted by molar-refractivity contribution is 0.0600. The minimum absolute atomic E-state index is 0.379. The first kappa shape index (κ1) is 12.0. The van der Waals surface area contributed by atoms with Gasteiger partial charge in [-0.3, -0.25) is 5.10 Å². The molecular formula is C11H13N5O2. The Labute approximate surface area is 104 Å². The number of nitrogens with zero attached hydrogens (tertiary/aromatic N) is 3. The lowest BCUT2D eigenvalue weighted by Crippen LogP contribution is -2.09. The number of hydrogen-bond acceptors (Lipinski definition) is 6. The lowest BCUT2D eigenvalue weighted by atomic mass is 10.2. The minimum atomic E-state index is -0.379. The van der Waals surface area contributed by atoms with Crippen molar-refractivity contribution >= 4 is 11.8 Å². The number of esters is 1. The third kappa shape index (κ3) is 3.03. The van der Waals surface area contributed by atoms with Crippen LogP contribution in [0.1, 0.15) is 16.2 Å². The van der Waals surface area contributed by atoms with Crippen LogP contribution in [0.4, 0.5) is 5.82 Å². The maximum atomic E-state index is 11.3. The highest BCUT2D eigenvalue weighted by Gasteiger charge is 2.06. The van der Waals surface area contributed by atoms with Gasteiger partial charge in [0.2, 0.25) is 0 Å². The molecule has 0 aliphatic rings. The summed E-state index contributed by atoms with van der Waals surface area (Å²) in [6.45, 7) is 0.646. The van der Waals surface area contributed by atoms with E-state index in [0.717, 1.165) is 5.82 Å². The number of carbonyl (C=O) groups is 1. The summed E-state index contributed by atoms with van der Waals surface area (Å²) in [5.74, 6) is 1.04. The standard InChI is InChI=1S/C11H13N5O2/c1-18-11(17)8-2-4-12-10(6-8)13-5-3-9-14-7-15-16-9/h2,4,6-7H,3,5H2,1H3,(H,12,13)(H,14,15,16). The van der Waals surface area contributed by atoms with E-state index in [4.69, 9.17) is 0 Å². The summed E-state index contributed by atoms with van der Waals surface area (Å²) in [5, 5.41) is 9.62. The molecule has 0 fully saturated rings. The molecule has 0 saturated carbocycles. The van der Waals surface area contributed by atoms with Crippen molar-refractivity contribution in [3.63, 3.8) is 0 Å². The molecule has 0 saturated heterocycles. The molecule has 2 aromatic rings. The fourth-order valence-electron chi connectivity index (χ4n) is 1.43. The molecule has 2 heterocycles. The van der Waals surface area contributed by atoms with E-state index in [9.17, 15) is 4.79 Å². The second kappa shape index (κ2) is 5.76. The van der Waals surface area contributed by atoms with E-state index in [-0.39, 0.29) is 5.97 Å². The van der Waals surface area contributed by atoms with Crippen LogP contribution < -0.4 is 5.32 Å². The normalized spacial score (nSPS) is 10.1. The first-order valence-electron chi connectivity index (χ1n) is 5.42. The number of anilines is 1. The van der Waals surface area contributed by atoms with Crippen molar-refractivity contribution in [1.82, 2.24) is 20.2 Å². The van der Waals surface area contributed by atoms with Gasteiger partial charge in [0, 0.05) is 19.2 Å². The van der Waals surface area contributed by atoms with Crippen LogP contribution >= 0.6 is 0 Å².